The minimum absolute atomic E-state index is 0.471. The first-order valence-electron chi connectivity index (χ1n) is 7.45. The van der Waals surface area contributed by atoms with Gasteiger partial charge in [0.05, 0.1) is 5.52 Å². The highest BCUT2D eigenvalue weighted by atomic mass is 35.5. The average molecular weight is 335 g/mol. The van der Waals surface area contributed by atoms with Crippen LogP contribution in [0.3, 0.4) is 0 Å². The molecule has 0 bridgehead atoms. The second kappa shape index (κ2) is 4.75. The molecule has 0 spiro atoms. The molecule has 3 aromatic heterocycles. The Morgan fingerprint density at radius 3 is 2.58 bits per heavy atom. The molecular formula is C17H11ClN6. The number of nitrogens with zero attached hydrogens (tertiary/aromatic N) is 6. The first-order chi connectivity index (χ1) is 11.7. The Morgan fingerprint density at radius 1 is 0.958 bits per heavy atom. The van der Waals surface area contributed by atoms with E-state index in [1.54, 1.807) is 4.52 Å². The van der Waals surface area contributed by atoms with Crippen LogP contribution in [-0.4, -0.2) is 29.4 Å². The first-order valence-corrected chi connectivity index (χ1v) is 7.83. The molecule has 0 unspecified atom stereocenters. The summed E-state index contributed by atoms with van der Waals surface area (Å²) in [7, 11) is 1.98. The standard InChI is InChI=1S/C17H11ClN6/c1-23-13-5-3-2-4-12(13)14-16(23)19-17-21-20-15(24(17)22-14)10-6-8-11(18)9-7-10/h2-9H,1H3. The van der Waals surface area contributed by atoms with E-state index in [4.69, 9.17) is 16.7 Å². The fourth-order valence-electron chi connectivity index (χ4n) is 2.99. The zero-order valence-corrected chi connectivity index (χ0v) is 13.4. The molecule has 0 fully saturated rings. The second-order valence-corrected chi connectivity index (χ2v) is 6.04. The third kappa shape index (κ3) is 1.77. The third-order valence-corrected chi connectivity index (χ3v) is 4.43. The molecule has 0 saturated heterocycles. The van der Waals surface area contributed by atoms with Crippen molar-refractivity contribution in [1.82, 2.24) is 29.4 Å². The van der Waals surface area contributed by atoms with Gasteiger partial charge in [-0.05, 0) is 30.3 Å². The summed E-state index contributed by atoms with van der Waals surface area (Å²) in [6, 6.07) is 15.5. The second-order valence-electron chi connectivity index (χ2n) is 5.60. The van der Waals surface area contributed by atoms with Gasteiger partial charge in [-0.1, -0.05) is 29.8 Å². The number of para-hydroxylation sites is 1. The molecule has 0 aliphatic carbocycles. The Balaban J connectivity index is 1.87. The van der Waals surface area contributed by atoms with Crippen LogP contribution in [0, 0.1) is 0 Å². The Bertz CT molecular complexity index is 1220. The number of halogens is 1. The molecule has 5 aromatic rings. The monoisotopic (exact) mass is 334 g/mol. The SMILES string of the molecule is Cn1c2ccccc2c2nn3c(-c4ccc(Cl)cc4)nnc3nc21. The summed E-state index contributed by atoms with van der Waals surface area (Å²) in [5.41, 5.74) is 3.59. The van der Waals surface area contributed by atoms with Crippen LogP contribution in [0.4, 0.5) is 0 Å². The van der Waals surface area contributed by atoms with Crippen molar-refractivity contribution in [3.8, 4) is 11.4 Å². The van der Waals surface area contributed by atoms with E-state index >= 15 is 0 Å². The molecule has 6 nitrogen and oxygen atoms in total. The lowest BCUT2D eigenvalue weighted by molar-refractivity contribution is 0.922. The number of aromatic nitrogens is 6. The van der Waals surface area contributed by atoms with Crippen LogP contribution < -0.4 is 0 Å². The van der Waals surface area contributed by atoms with Crippen molar-refractivity contribution >= 4 is 39.4 Å². The largest absolute Gasteiger partial charge is 0.327 e. The topological polar surface area (TPSA) is 60.9 Å². The molecule has 2 aromatic carbocycles. The van der Waals surface area contributed by atoms with Crippen molar-refractivity contribution < 1.29 is 0 Å². The lowest BCUT2D eigenvalue weighted by atomic mass is 10.2. The van der Waals surface area contributed by atoms with Crippen LogP contribution >= 0.6 is 11.6 Å². The van der Waals surface area contributed by atoms with Gasteiger partial charge in [-0.15, -0.1) is 10.2 Å². The van der Waals surface area contributed by atoms with Crippen LogP contribution in [0.2, 0.25) is 5.02 Å². The van der Waals surface area contributed by atoms with E-state index < -0.39 is 0 Å². The van der Waals surface area contributed by atoms with Gasteiger partial charge in [-0.25, -0.2) is 0 Å². The predicted octanol–water partition coefficient (Wildman–Crippen LogP) is 3.48. The van der Waals surface area contributed by atoms with Crippen LogP contribution in [0.25, 0.3) is 39.2 Å². The fraction of sp³-hybridized carbons (Fsp3) is 0.0588. The fourth-order valence-corrected chi connectivity index (χ4v) is 3.12. The molecule has 0 amide bonds. The summed E-state index contributed by atoms with van der Waals surface area (Å²) in [6.07, 6.45) is 0. The zero-order chi connectivity index (χ0) is 16.3. The lowest BCUT2D eigenvalue weighted by Gasteiger charge is -2.00. The number of hydrogen-bond acceptors (Lipinski definition) is 4. The van der Waals surface area contributed by atoms with Gasteiger partial charge in [0.2, 0.25) is 0 Å². The van der Waals surface area contributed by atoms with Crippen molar-refractivity contribution in [1.29, 1.82) is 0 Å². The van der Waals surface area contributed by atoms with Gasteiger partial charge in [0, 0.05) is 23.0 Å². The van der Waals surface area contributed by atoms with Crippen LogP contribution in [0.1, 0.15) is 0 Å². The van der Waals surface area contributed by atoms with E-state index in [0.29, 0.717) is 16.6 Å². The van der Waals surface area contributed by atoms with E-state index in [-0.39, 0.29) is 0 Å². The maximum atomic E-state index is 5.96. The molecule has 0 aliphatic heterocycles. The van der Waals surface area contributed by atoms with Crippen LogP contribution in [-0.2, 0) is 7.05 Å². The normalized spacial score (nSPS) is 11.8. The van der Waals surface area contributed by atoms with Crippen LogP contribution in [0.5, 0.6) is 0 Å². The summed E-state index contributed by atoms with van der Waals surface area (Å²) >= 11 is 5.96. The van der Waals surface area contributed by atoms with Gasteiger partial charge in [-0.2, -0.15) is 14.6 Å². The minimum Gasteiger partial charge on any atom is -0.327 e. The maximum Gasteiger partial charge on any atom is 0.274 e. The van der Waals surface area contributed by atoms with E-state index in [9.17, 15) is 0 Å². The Labute approximate surface area is 141 Å². The molecule has 24 heavy (non-hydrogen) atoms. The Hall–Kier alpha value is -2.99. The van der Waals surface area contributed by atoms with Crippen LogP contribution in [0.15, 0.2) is 48.5 Å². The summed E-state index contributed by atoms with van der Waals surface area (Å²) in [5.74, 6) is 1.11. The van der Waals surface area contributed by atoms with Gasteiger partial charge in [0.15, 0.2) is 11.5 Å². The molecule has 7 heteroatoms. The van der Waals surface area contributed by atoms with E-state index in [1.165, 1.54) is 0 Å². The minimum atomic E-state index is 0.471. The highest BCUT2D eigenvalue weighted by Crippen LogP contribution is 2.26. The average Bonchev–Trinajstić information content (AvgIpc) is 3.14. The highest BCUT2D eigenvalue weighted by Gasteiger charge is 2.16. The van der Waals surface area contributed by atoms with Gasteiger partial charge >= 0.3 is 0 Å². The Kier molecular flexibility index (Phi) is 2.66. The highest BCUT2D eigenvalue weighted by molar-refractivity contribution is 6.30. The summed E-state index contributed by atoms with van der Waals surface area (Å²) < 4.78 is 3.70. The number of hydrogen-bond donors (Lipinski definition) is 0. The Morgan fingerprint density at radius 2 is 1.75 bits per heavy atom. The zero-order valence-electron chi connectivity index (χ0n) is 12.7. The maximum absolute atomic E-state index is 5.96. The first kappa shape index (κ1) is 13.4. The number of aryl methyl sites for hydroxylation is 1. The smallest absolute Gasteiger partial charge is 0.274 e. The predicted molar refractivity (Wildman–Crippen MR) is 93.0 cm³/mol. The van der Waals surface area contributed by atoms with Crippen molar-refractivity contribution in [3.05, 3.63) is 53.6 Å². The molecule has 0 radical (unpaired) electrons. The van der Waals surface area contributed by atoms with Gasteiger partial charge in [-0.3, -0.25) is 0 Å². The molecule has 116 valence electrons. The molecule has 0 saturated carbocycles. The van der Waals surface area contributed by atoms with E-state index in [0.717, 1.165) is 27.6 Å². The lowest BCUT2D eigenvalue weighted by Crippen LogP contribution is -1.99. The summed E-state index contributed by atoms with van der Waals surface area (Å²) in [5, 5.41) is 14.9. The molecule has 0 aliphatic rings. The molecular weight excluding hydrogens is 324 g/mol. The summed E-state index contributed by atoms with van der Waals surface area (Å²) in [4.78, 5) is 4.64. The number of rotatable bonds is 1. The van der Waals surface area contributed by atoms with E-state index in [1.807, 2.05) is 54.1 Å². The van der Waals surface area contributed by atoms with Crippen molar-refractivity contribution in [2.24, 2.45) is 7.05 Å². The van der Waals surface area contributed by atoms with E-state index in [2.05, 4.69) is 21.2 Å². The number of benzene rings is 2. The van der Waals surface area contributed by atoms with Crippen molar-refractivity contribution in [2.45, 2.75) is 0 Å². The molecule has 0 N–H and O–H groups in total. The molecule has 3 heterocycles. The van der Waals surface area contributed by atoms with Gasteiger partial charge in [0.25, 0.3) is 5.78 Å². The van der Waals surface area contributed by atoms with Gasteiger partial charge < -0.3 is 4.57 Å². The third-order valence-electron chi connectivity index (χ3n) is 4.18. The van der Waals surface area contributed by atoms with Crippen molar-refractivity contribution in [3.63, 3.8) is 0 Å². The number of fused-ring (bicyclic) bond motifs is 4. The molecule has 5 rings (SSSR count). The van der Waals surface area contributed by atoms with Crippen molar-refractivity contribution in [2.75, 3.05) is 0 Å². The van der Waals surface area contributed by atoms with Gasteiger partial charge in [0.1, 0.15) is 5.52 Å². The quantitative estimate of drug-likeness (QED) is 0.471. The summed E-state index contributed by atoms with van der Waals surface area (Å²) in [6.45, 7) is 0. The molecule has 0 atom stereocenters.